The van der Waals surface area contributed by atoms with Crippen LogP contribution in [0.3, 0.4) is 0 Å². The maximum absolute atomic E-state index is 13.2. The second-order valence-corrected chi connectivity index (χ2v) is 14.2. The van der Waals surface area contributed by atoms with Gasteiger partial charge in [0, 0.05) is 47.4 Å². The zero-order valence-electron chi connectivity index (χ0n) is 23.6. The van der Waals surface area contributed by atoms with Crippen molar-refractivity contribution in [3.05, 3.63) is 68.4 Å². The van der Waals surface area contributed by atoms with Crippen LogP contribution in [0.4, 0.5) is 11.4 Å². The summed E-state index contributed by atoms with van der Waals surface area (Å²) in [5, 5.41) is 6.88. The Morgan fingerprint density at radius 2 is 0.977 bits per heavy atom. The molecule has 2 N–H and O–H groups in total. The van der Waals surface area contributed by atoms with Gasteiger partial charge in [-0.1, -0.05) is 84.0 Å². The lowest BCUT2D eigenvalue weighted by atomic mass is 10.1. The molecule has 0 aliphatic carbocycles. The quantitative estimate of drug-likeness (QED) is 0.118. The Hall–Kier alpha value is -2.48. The van der Waals surface area contributed by atoms with E-state index in [1.165, 1.54) is 9.80 Å². The van der Waals surface area contributed by atoms with Crippen molar-refractivity contribution in [2.75, 3.05) is 23.7 Å². The molecule has 2 aliphatic rings. The first-order valence-corrected chi connectivity index (χ1v) is 17.3. The van der Waals surface area contributed by atoms with Gasteiger partial charge in [-0.15, -0.1) is 0 Å². The number of benzene rings is 2. The molecule has 0 atom stereocenters. The number of thiocarbonyl (C=S) groups is 2. The van der Waals surface area contributed by atoms with Crippen LogP contribution in [-0.2, 0) is 19.2 Å². The number of rotatable bonds is 14. The van der Waals surface area contributed by atoms with Crippen LogP contribution in [-0.4, -0.2) is 55.2 Å². The number of anilines is 2. The van der Waals surface area contributed by atoms with E-state index < -0.39 is 0 Å². The minimum Gasteiger partial charge on any atom is -0.326 e. The molecule has 0 unspecified atom stereocenters. The second-order valence-electron chi connectivity index (χ2n) is 10.0. The van der Waals surface area contributed by atoms with Gasteiger partial charge in [-0.25, -0.2) is 0 Å². The standard InChI is InChI=1S/C30H30Cl2N4O4S4/c31-19-9-13-21(14-10-19)33-23(37)7-3-1-5-17-35-27(39)25(43-29(35)41)26-28(40)36(30(42)44-26)18-6-2-4-8-24(38)34-22-15-11-20(32)12-16-22/h9-16H,1-8,17-18H2,(H,33,37)(H,34,38)/b26-25+. The van der Waals surface area contributed by atoms with E-state index in [0.717, 1.165) is 36.4 Å². The van der Waals surface area contributed by atoms with Crippen LogP contribution >= 0.6 is 71.2 Å². The number of nitrogens with zero attached hydrogens (tertiary/aromatic N) is 2. The highest BCUT2D eigenvalue weighted by molar-refractivity contribution is 8.29. The third-order valence-corrected chi connectivity index (χ3v) is 10.3. The minimum absolute atomic E-state index is 0.0837. The van der Waals surface area contributed by atoms with Crippen LogP contribution in [0.1, 0.15) is 51.4 Å². The minimum atomic E-state index is -0.285. The molecule has 0 bridgehead atoms. The van der Waals surface area contributed by atoms with Gasteiger partial charge < -0.3 is 10.6 Å². The summed E-state index contributed by atoms with van der Waals surface area (Å²) >= 11 is 24.9. The molecule has 8 nitrogen and oxygen atoms in total. The lowest BCUT2D eigenvalue weighted by Gasteiger charge is -2.14. The molecule has 232 valence electrons. The fourth-order valence-corrected chi connectivity index (χ4v) is 7.46. The third-order valence-electron chi connectivity index (χ3n) is 6.73. The number of thioether (sulfide) groups is 2. The van der Waals surface area contributed by atoms with E-state index in [4.69, 9.17) is 47.6 Å². The van der Waals surface area contributed by atoms with E-state index in [-0.39, 0.29) is 23.6 Å². The molecule has 2 aromatic carbocycles. The van der Waals surface area contributed by atoms with Gasteiger partial charge in [0.15, 0.2) is 0 Å². The number of halogens is 2. The summed E-state index contributed by atoms with van der Waals surface area (Å²) in [7, 11) is 0. The van der Waals surface area contributed by atoms with Crippen molar-refractivity contribution in [2.24, 2.45) is 0 Å². The van der Waals surface area contributed by atoms with Gasteiger partial charge in [0.2, 0.25) is 11.8 Å². The molecule has 14 heteroatoms. The number of carbonyl (C=O) groups is 4. The van der Waals surface area contributed by atoms with E-state index in [2.05, 4.69) is 10.6 Å². The summed E-state index contributed by atoms with van der Waals surface area (Å²) in [4.78, 5) is 54.4. The van der Waals surface area contributed by atoms with E-state index in [9.17, 15) is 19.2 Å². The normalized spacial score (nSPS) is 16.7. The molecule has 2 saturated heterocycles. The highest BCUT2D eigenvalue weighted by Gasteiger charge is 2.41. The molecular formula is C30H30Cl2N4O4S4. The fourth-order valence-electron chi connectivity index (χ4n) is 4.43. The van der Waals surface area contributed by atoms with Gasteiger partial charge in [-0.05, 0) is 74.2 Å². The van der Waals surface area contributed by atoms with Crippen LogP contribution in [0, 0.1) is 0 Å². The summed E-state index contributed by atoms with van der Waals surface area (Å²) in [5.74, 6) is -0.736. The monoisotopic (exact) mass is 708 g/mol. The van der Waals surface area contributed by atoms with Gasteiger partial charge in [0.05, 0.1) is 9.81 Å². The van der Waals surface area contributed by atoms with E-state index in [1.54, 1.807) is 48.5 Å². The highest BCUT2D eigenvalue weighted by Crippen LogP contribution is 2.42. The Labute approximate surface area is 285 Å². The summed E-state index contributed by atoms with van der Waals surface area (Å²) in [6, 6.07) is 13.9. The van der Waals surface area contributed by atoms with E-state index in [1.807, 2.05) is 0 Å². The Morgan fingerprint density at radius 1 is 0.614 bits per heavy atom. The summed E-state index contributed by atoms with van der Waals surface area (Å²) in [5.41, 5.74) is 1.38. The average Bonchev–Trinajstić information content (AvgIpc) is 3.43. The smallest absolute Gasteiger partial charge is 0.267 e. The van der Waals surface area contributed by atoms with Crippen LogP contribution < -0.4 is 10.6 Å². The number of hydrogen-bond donors (Lipinski definition) is 2. The van der Waals surface area contributed by atoms with Crippen LogP contribution in [0.25, 0.3) is 0 Å². The molecule has 44 heavy (non-hydrogen) atoms. The van der Waals surface area contributed by atoms with Gasteiger partial charge in [-0.2, -0.15) is 0 Å². The highest BCUT2D eigenvalue weighted by atomic mass is 35.5. The second kappa shape index (κ2) is 16.7. The SMILES string of the molecule is O=C(CCCCCN1C(=O)/C(=C2\SC(=S)N(CCCCCC(=O)Nc3ccc(Cl)cc3)C2=O)SC1=S)Nc1ccc(Cl)cc1. The number of unbranched alkanes of at least 4 members (excludes halogenated alkanes) is 4. The largest absolute Gasteiger partial charge is 0.326 e. The molecule has 2 heterocycles. The van der Waals surface area contributed by atoms with Gasteiger partial charge in [0.1, 0.15) is 8.64 Å². The lowest BCUT2D eigenvalue weighted by Crippen LogP contribution is -2.31. The number of nitrogens with one attached hydrogen (secondary N) is 2. The van der Waals surface area contributed by atoms with Crippen molar-refractivity contribution in [3.63, 3.8) is 0 Å². The molecule has 0 spiro atoms. The van der Waals surface area contributed by atoms with Crippen molar-refractivity contribution in [1.82, 2.24) is 9.80 Å². The molecule has 2 fully saturated rings. The molecule has 2 aliphatic heterocycles. The van der Waals surface area contributed by atoms with Crippen LogP contribution in [0.2, 0.25) is 10.0 Å². The van der Waals surface area contributed by atoms with Crippen molar-refractivity contribution in [2.45, 2.75) is 51.4 Å². The first-order chi connectivity index (χ1) is 21.1. The summed E-state index contributed by atoms with van der Waals surface area (Å²) in [6.07, 6.45) is 4.88. The lowest BCUT2D eigenvalue weighted by molar-refractivity contribution is -0.124. The van der Waals surface area contributed by atoms with E-state index in [0.29, 0.717) is 91.5 Å². The zero-order valence-corrected chi connectivity index (χ0v) is 28.4. The van der Waals surface area contributed by atoms with Crippen molar-refractivity contribution in [3.8, 4) is 0 Å². The molecule has 0 saturated carbocycles. The average molecular weight is 710 g/mol. The predicted molar refractivity (Wildman–Crippen MR) is 188 cm³/mol. The Morgan fingerprint density at radius 3 is 1.34 bits per heavy atom. The van der Waals surface area contributed by atoms with E-state index >= 15 is 0 Å². The molecule has 4 amide bonds. The number of carbonyl (C=O) groups excluding carboxylic acids is 4. The van der Waals surface area contributed by atoms with Crippen molar-refractivity contribution >= 4 is 115 Å². The van der Waals surface area contributed by atoms with Gasteiger partial charge >= 0.3 is 0 Å². The Balaban J connectivity index is 1.16. The van der Waals surface area contributed by atoms with Crippen molar-refractivity contribution in [1.29, 1.82) is 0 Å². The molecule has 4 rings (SSSR count). The predicted octanol–water partition coefficient (Wildman–Crippen LogP) is 7.62. The molecule has 0 radical (unpaired) electrons. The number of hydrogen-bond acceptors (Lipinski definition) is 8. The van der Waals surface area contributed by atoms with Crippen molar-refractivity contribution < 1.29 is 19.2 Å². The first kappa shape index (κ1) is 34.4. The first-order valence-electron chi connectivity index (χ1n) is 14.0. The molecular weight excluding hydrogens is 680 g/mol. The Kier molecular flexibility index (Phi) is 13.1. The maximum atomic E-state index is 13.2. The van der Waals surface area contributed by atoms with Crippen LogP contribution in [0.5, 0.6) is 0 Å². The summed E-state index contributed by atoms with van der Waals surface area (Å²) in [6.45, 7) is 0.831. The third kappa shape index (κ3) is 9.76. The van der Waals surface area contributed by atoms with Gasteiger partial charge in [0.25, 0.3) is 11.8 Å². The summed E-state index contributed by atoms with van der Waals surface area (Å²) < 4.78 is 0.820. The van der Waals surface area contributed by atoms with Crippen LogP contribution in [0.15, 0.2) is 58.3 Å². The zero-order chi connectivity index (χ0) is 31.6. The molecule has 2 aromatic rings. The topological polar surface area (TPSA) is 98.8 Å². The number of amides is 4. The maximum Gasteiger partial charge on any atom is 0.267 e. The van der Waals surface area contributed by atoms with Gasteiger partial charge in [-0.3, -0.25) is 29.0 Å². The fraction of sp³-hybridized carbons (Fsp3) is 0.333. The Bertz CT molecular complexity index is 1360. The molecule has 0 aromatic heterocycles.